The van der Waals surface area contributed by atoms with Crippen LogP contribution in [0.2, 0.25) is 0 Å². The molecule has 18 heavy (non-hydrogen) atoms. The van der Waals surface area contributed by atoms with Crippen molar-refractivity contribution < 1.29 is 4.79 Å². The van der Waals surface area contributed by atoms with Crippen molar-refractivity contribution in [2.45, 2.75) is 13.0 Å². The Bertz CT molecular complexity index is 577. The van der Waals surface area contributed by atoms with Gasteiger partial charge in [0.05, 0.1) is 5.56 Å². The Kier molecular flexibility index (Phi) is 2.76. The fourth-order valence-corrected chi connectivity index (χ4v) is 2.35. The van der Waals surface area contributed by atoms with E-state index in [2.05, 4.69) is 17.2 Å². The molecule has 0 spiro atoms. The van der Waals surface area contributed by atoms with E-state index in [1.54, 1.807) is 6.20 Å². The third-order valence-corrected chi connectivity index (χ3v) is 3.29. The van der Waals surface area contributed by atoms with Gasteiger partial charge < -0.3 is 14.6 Å². The van der Waals surface area contributed by atoms with Gasteiger partial charge in [-0.2, -0.15) is 0 Å². The topological polar surface area (TPSA) is 49.6 Å². The van der Waals surface area contributed by atoms with Crippen LogP contribution in [0, 0.1) is 0 Å². The van der Waals surface area contributed by atoms with Gasteiger partial charge in [-0.3, -0.25) is 4.79 Å². The highest BCUT2D eigenvalue weighted by atomic mass is 16.2. The molecule has 3 heterocycles. The zero-order valence-electron chi connectivity index (χ0n) is 10.3. The van der Waals surface area contributed by atoms with Crippen LogP contribution in [-0.2, 0) is 0 Å². The van der Waals surface area contributed by atoms with E-state index in [4.69, 9.17) is 0 Å². The number of amides is 1. The molecule has 1 aliphatic heterocycles. The number of pyridine rings is 1. The number of fused-ring (bicyclic) bond motifs is 1. The highest BCUT2D eigenvalue weighted by Crippen LogP contribution is 2.10. The van der Waals surface area contributed by atoms with E-state index in [9.17, 15) is 4.79 Å². The summed E-state index contributed by atoms with van der Waals surface area (Å²) in [6, 6.07) is 4.08. The first kappa shape index (κ1) is 11.2. The maximum absolute atomic E-state index is 12.4. The molecule has 0 bridgehead atoms. The van der Waals surface area contributed by atoms with Crippen LogP contribution in [0.1, 0.15) is 17.3 Å². The molecule has 1 aliphatic rings. The van der Waals surface area contributed by atoms with Crippen molar-refractivity contribution >= 4 is 11.6 Å². The molecule has 2 aromatic rings. The van der Waals surface area contributed by atoms with E-state index in [-0.39, 0.29) is 5.91 Å². The van der Waals surface area contributed by atoms with Crippen LogP contribution in [0.25, 0.3) is 5.65 Å². The number of carbonyl (C=O) groups excluding carboxylic acids is 1. The molecular weight excluding hydrogens is 228 g/mol. The van der Waals surface area contributed by atoms with E-state index >= 15 is 0 Å². The Labute approximate surface area is 105 Å². The second-order valence-electron chi connectivity index (χ2n) is 4.72. The quantitative estimate of drug-likeness (QED) is 0.806. The lowest BCUT2D eigenvalue weighted by Gasteiger charge is -2.31. The molecule has 1 fully saturated rings. The lowest BCUT2D eigenvalue weighted by Crippen LogP contribution is -2.51. The number of aromatic nitrogens is 2. The largest absolute Gasteiger partial charge is 0.336 e. The molecular formula is C13H16N4O. The first-order valence-corrected chi connectivity index (χ1v) is 6.19. The molecule has 2 aromatic heterocycles. The van der Waals surface area contributed by atoms with Crippen molar-refractivity contribution in [1.82, 2.24) is 19.6 Å². The molecule has 5 heteroatoms. The molecule has 0 aliphatic carbocycles. The van der Waals surface area contributed by atoms with Crippen molar-refractivity contribution in [1.29, 1.82) is 0 Å². The first-order chi connectivity index (χ1) is 8.74. The summed E-state index contributed by atoms with van der Waals surface area (Å²) in [6.07, 6.45) is 5.43. The Hall–Kier alpha value is -1.88. The van der Waals surface area contributed by atoms with Crippen LogP contribution in [-0.4, -0.2) is 45.9 Å². The Balaban J connectivity index is 1.86. The van der Waals surface area contributed by atoms with Gasteiger partial charge in [-0.05, 0) is 19.1 Å². The molecule has 5 nitrogen and oxygen atoms in total. The number of hydrogen-bond acceptors (Lipinski definition) is 3. The van der Waals surface area contributed by atoms with Crippen molar-refractivity contribution in [2.75, 3.05) is 19.6 Å². The van der Waals surface area contributed by atoms with Crippen LogP contribution >= 0.6 is 0 Å². The van der Waals surface area contributed by atoms with Gasteiger partial charge >= 0.3 is 0 Å². The van der Waals surface area contributed by atoms with Crippen molar-refractivity contribution in [3.05, 3.63) is 36.3 Å². The highest BCUT2D eigenvalue weighted by molar-refractivity contribution is 5.94. The maximum Gasteiger partial charge on any atom is 0.255 e. The van der Waals surface area contributed by atoms with E-state index in [0.29, 0.717) is 6.04 Å². The molecule has 0 unspecified atom stereocenters. The van der Waals surface area contributed by atoms with Gasteiger partial charge in [0, 0.05) is 44.3 Å². The maximum atomic E-state index is 12.4. The average molecular weight is 244 g/mol. The second kappa shape index (κ2) is 4.42. The Morgan fingerprint density at radius 3 is 3.22 bits per heavy atom. The van der Waals surface area contributed by atoms with Crippen LogP contribution in [0.15, 0.2) is 30.7 Å². The zero-order chi connectivity index (χ0) is 12.5. The molecule has 1 amide bonds. The minimum atomic E-state index is 0.0963. The molecule has 0 aromatic carbocycles. The van der Waals surface area contributed by atoms with Crippen molar-refractivity contribution in [3.63, 3.8) is 0 Å². The number of piperazine rings is 1. The van der Waals surface area contributed by atoms with Gasteiger partial charge in [-0.25, -0.2) is 4.98 Å². The Morgan fingerprint density at radius 1 is 1.50 bits per heavy atom. The van der Waals surface area contributed by atoms with Gasteiger partial charge in [0.15, 0.2) is 0 Å². The first-order valence-electron chi connectivity index (χ1n) is 6.19. The smallest absolute Gasteiger partial charge is 0.255 e. The minimum absolute atomic E-state index is 0.0963. The normalized spacial score (nSPS) is 20.3. The summed E-state index contributed by atoms with van der Waals surface area (Å²) in [6.45, 7) is 4.49. The average Bonchev–Trinajstić information content (AvgIpc) is 2.85. The SMILES string of the molecule is C[C@@H]1CN(C(=O)c2ccc3nccn3c2)CCN1. The third-order valence-electron chi connectivity index (χ3n) is 3.29. The summed E-state index contributed by atoms with van der Waals surface area (Å²) in [5.41, 5.74) is 1.58. The summed E-state index contributed by atoms with van der Waals surface area (Å²) in [7, 11) is 0. The standard InChI is InChI=1S/C13H16N4O/c1-10-8-17(7-4-14-10)13(18)11-2-3-12-15-5-6-16(12)9-11/h2-3,5-6,9-10,14H,4,7-8H2,1H3/t10-/m1/s1. The third kappa shape index (κ3) is 1.97. The minimum Gasteiger partial charge on any atom is -0.336 e. The van der Waals surface area contributed by atoms with E-state index in [0.717, 1.165) is 30.8 Å². The van der Waals surface area contributed by atoms with Crippen molar-refractivity contribution in [3.8, 4) is 0 Å². The summed E-state index contributed by atoms with van der Waals surface area (Å²) in [5, 5.41) is 3.33. The van der Waals surface area contributed by atoms with E-state index in [1.807, 2.05) is 33.8 Å². The summed E-state index contributed by atoms with van der Waals surface area (Å²) in [4.78, 5) is 18.4. The predicted molar refractivity (Wildman–Crippen MR) is 68.6 cm³/mol. The summed E-state index contributed by atoms with van der Waals surface area (Å²) < 4.78 is 1.87. The number of rotatable bonds is 1. The van der Waals surface area contributed by atoms with Gasteiger partial charge in [0.1, 0.15) is 5.65 Å². The van der Waals surface area contributed by atoms with Crippen LogP contribution in [0.5, 0.6) is 0 Å². The molecule has 94 valence electrons. The number of hydrogen-bond donors (Lipinski definition) is 1. The summed E-state index contributed by atoms with van der Waals surface area (Å²) >= 11 is 0. The van der Waals surface area contributed by atoms with Gasteiger partial charge in [-0.15, -0.1) is 0 Å². The summed E-state index contributed by atoms with van der Waals surface area (Å²) in [5.74, 6) is 0.0963. The lowest BCUT2D eigenvalue weighted by molar-refractivity contribution is 0.0708. The second-order valence-corrected chi connectivity index (χ2v) is 4.72. The van der Waals surface area contributed by atoms with Gasteiger partial charge in [0.25, 0.3) is 5.91 Å². The number of carbonyl (C=O) groups is 1. The highest BCUT2D eigenvalue weighted by Gasteiger charge is 2.21. The van der Waals surface area contributed by atoms with E-state index in [1.165, 1.54) is 0 Å². The Morgan fingerprint density at radius 2 is 2.39 bits per heavy atom. The molecule has 0 saturated carbocycles. The number of nitrogens with one attached hydrogen (secondary N) is 1. The molecule has 1 saturated heterocycles. The van der Waals surface area contributed by atoms with E-state index < -0.39 is 0 Å². The fraction of sp³-hybridized carbons (Fsp3) is 0.385. The van der Waals surface area contributed by atoms with Crippen molar-refractivity contribution in [2.24, 2.45) is 0 Å². The zero-order valence-corrected chi connectivity index (χ0v) is 10.3. The molecule has 0 radical (unpaired) electrons. The molecule has 1 atom stereocenters. The van der Waals surface area contributed by atoms with Crippen LogP contribution in [0.4, 0.5) is 0 Å². The monoisotopic (exact) mass is 244 g/mol. The molecule has 1 N–H and O–H groups in total. The molecule has 3 rings (SSSR count). The van der Waals surface area contributed by atoms with Gasteiger partial charge in [-0.1, -0.05) is 0 Å². The predicted octanol–water partition coefficient (Wildman–Crippen LogP) is 0.768. The van der Waals surface area contributed by atoms with Gasteiger partial charge in [0.2, 0.25) is 0 Å². The number of imidazole rings is 1. The fourth-order valence-electron chi connectivity index (χ4n) is 2.35. The van der Waals surface area contributed by atoms with Crippen LogP contribution < -0.4 is 5.32 Å². The number of nitrogens with zero attached hydrogens (tertiary/aromatic N) is 3. The van der Waals surface area contributed by atoms with Crippen LogP contribution in [0.3, 0.4) is 0 Å². The lowest BCUT2D eigenvalue weighted by atomic mass is 10.2.